The molecule has 2 aliphatic heterocycles. The SMILES string of the molecule is C1=CCC(c2nc(-c3ccc4c(c3)C3C=CC=CC3O4)nc(N3c4c(ccc5c4sc4ccccc45)C4C=CCCC43)n2)C=C1. The van der Waals surface area contributed by atoms with E-state index in [4.69, 9.17) is 19.7 Å². The van der Waals surface area contributed by atoms with Crippen molar-refractivity contribution in [2.24, 2.45) is 0 Å². The van der Waals surface area contributed by atoms with Gasteiger partial charge in [-0.25, -0.2) is 4.98 Å². The van der Waals surface area contributed by atoms with Gasteiger partial charge >= 0.3 is 0 Å². The molecule has 0 amide bonds. The van der Waals surface area contributed by atoms with E-state index in [1.165, 1.54) is 37.0 Å². The maximum absolute atomic E-state index is 6.27. The van der Waals surface area contributed by atoms with Crippen LogP contribution >= 0.6 is 11.3 Å². The van der Waals surface area contributed by atoms with Gasteiger partial charge in [-0.15, -0.1) is 11.3 Å². The Morgan fingerprint density at radius 2 is 1.71 bits per heavy atom. The zero-order valence-corrected chi connectivity index (χ0v) is 25.4. The van der Waals surface area contributed by atoms with Gasteiger partial charge in [0.1, 0.15) is 17.7 Å². The Labute approximate surface area is 265 Å². The number of aromatic nitrogens is 3. The van der Waals surface area contributed by atoms with Crippen LogP contribution in [0.15, 0.2) is 115 Å². The number of benzene rings is 3. The summed E-state index contributed by atoms with van der Waals surface area (Å²) in [5.74, 6) is 3.86. The van der Waals surface area contributed by atoms with Gasteiger partial charge in [-0.05, 0) is 55.2 Å². The highest BCUT2D eigenvalue weighted by Gasteiger charge is 2.42. The summed E-state index contributed by atoms with van der Waals surface area (Å²) in [5, 5.41) is 2.62. The van der Waals surface area contributed by atoms with E-state index >= 15 is 0 Å². The summed E-state index contributed by atoms with van der Waals surface area (Å²) in [6.45, 7) is 0. The summed E-state index contributed by atoms with van der Waals surface area (Å²) in [6.07, 6.45) is 25.0. The first-order valence-corrected chi connectivity index (χ1v) is 16.8. The first kappa shape index (κ1) is 25.5. The molecule has 5 aliphatic rings. The Bertz CT molecular complexity index is 2190. The number of hydrogen-bond donors (Lipinski definition) is 0. The van der Waals surface area contributed by atoms with Gasteiger partial charge in [0.2, 0.25) is 5.95 Å². The molecule has 5 nitrogen and oxygen atoms in total. The molecule has 5 aromatic rings. The molecule has 5 unspecified atom stereocenters. The molecule has 0 radical (unpaired) electrons. The number of nitrogens with zero attached hydrogens (tertiary/aromatic N) is 4. The highest BCUT2D eigenvalue weighted by Crippen LogP contribution is 2.54. The lowest BCUT2D eigenvalue weighted by molar-refractivity contribution is 0.269. The second kappa shape index (κ2) is 9.85. The zero-order valence-electron chi connectivity index (χ0n) is 24.6. The van der Waals surface area contributed by atoms with Crippen LogP contribution in [-0.2, 0) is 0 Å². The summed E-state index contributed by atoms with van der Waals surface area (Å²) in [4.78, 5) is 18.3. The number of anilines is 2. The Morgan fingerprint density at radius 1 is 0.778 bits per heavy atom. The fraction of sp³-hybridized carbons (Fsp3) is 0.205. The third-order valence-electron chi connectivity index (χ3n) is 10.0. The lowest BCUT2D eigenvalue weighted by atomic mass is 9.87. The van der Waals surface area contributed by atoms with E-state index in [0.29, 0.717) is 5.92 Å². The second-order valence-electron chi connectivity index (χ2n) is 12.6. The summed E-state index contributed by atoms with van der Waals surface area (Å²) in [5.41, 5.74) is 4.83. The van der Waals surface area contributed by atoms with E-state index in [1.54, 1.807) is 0 Å². The molecule has 6 heteroatoms. The molecule has 3 aromatic carbocycles. The van der Waals surface area contributed by atoms with Gasteiger partial charge in [-0.3, -0.25) is 0 Å². The van der Waals surface area contributed by atoms with E-state index in [2.05, 4.69) is 120 Å². The van der Waals surface area contributed by atoms with Gasteiger partial charge in [0.05, 0.1) is 10.4 Å². The summed E-state index contributed by atoms with van der Waals surface area (Å²) >= 11 is 1.88. The van der Waals surface area contributed by atoms with E-state index in [-0.39, 0.29) is 24.0 Å². The van der Waals surface area contributed by atoms with Crippen LogP contribution < -0.4 is 9.64 Å². The Morgan fingerprint density at radius 3 is 2.67 bits per heavy atom. The topological polar surface area (TPSA) is 51.1 Å². The van der Waals surface area contributed by atoms with Crippen LogP contribution in [0.2, 0.25) is 0 Å². The van der Waals surface area contributed by atoms with E-state index in [1.807, 2.05) is 11.3 Å². The first-order chi connectivity index (χ1) is 22.3. The molecule has 0 fully saturated rings. The third kappa shape index (κ3) is 3.88. The molecule has 218 valence electrons. The highest BCUT2D eigenvalue weighted by atomic mass is 32.1. The van der Waals surface area contributed by atoms with Crippen LogP contribution in [0.4, 0.5) is 11.6 Å². The van der Waals surface area contributed by atoms with Crippen molar-refractivity contribution in [2.75, 3.05) is 4.90 Å². The maximum Gasteiger partial charge on any atom is 0.234 e. The molecule has 3 aliphatic carbocycles. The second-order valence-corrected chi connectivity index (χ2v) is 13.6. The monoisotopic (exact) mass is 602 g/mol. The van der Waals surface area contributed by atoms with Gasteiger partial charge in [-0.2, -0.15) is 9.97 Å². The molecule has 4 heterocycles. The molecule has 10 rings (SSSR count). The molecule has 0 bridgehead atoms. The van der Waals surface area contributed by atoms with Crippen molar-refractivity contribution in [3.8, 4) is 17.1 Å². The molecular formula is C39H30N4OS. The molecule has 0 saturated heterocycles. The molecule has 0 saturated carbocycles. The number of hydrogen-bond acceptors (Lipinski definition) is 6. The predicted octanol–water partition coefficient (Wildman–Crippen LogP) is 9.43. The zero-order chi connectivity index (χ0) is 29.5. The average molecular weight is 603 g/mol. The number of fused-ring (bicyclic) bond motifs is 10. The summed E-state index contributed by atoms with van der Waals surface area (Å²) in [7, 11) is 0. The van der Waals surface area contributed by atoms with Crippen molar-refractivity contribution in [3.63, 3.8) is 0 Å². The largest absolute Gasteiger partial charge is 0.485 e. The van der Waals surface area contributed by atoms with Crippen molar-refractivity contribution >= 4 is 43.1 Å². The van der Waals surface area contributed by atoms with Gasteiger partial charge in [0.25, 0.3) is 0 Å². The molecule has 2 aromatic heterocycles. The normalized spacial score (nSPS) is 25.4. The van der Waals surface area contributed by atoms with Gasteiger partial charge in [-0.1, -0.05) is 85.0 Å². The van der Waals surface area contributed by atoms with Crippen LogP contribution in [0.3, 0.4) is 0 Å². The fourth-order valence-electron chi connectivity index (χ4n) is 7.88. The van der Waals surface area contributed by atoms with Crippen LogP contribution in [0, 0.1) is 0 Å². The van der Waals surface area contributed by atoms with Crippen molar-refractivity contribution < 1.29 is 4.74 Å². The number of thiophene rings is 1. The lowest BCUT2D eigenvalue weighted by Crippen LogP contribution is -2.32. The lowest BCUT2D eigenvalue weighted by Gasteiger charge is -2.30. The highest BCUT2D eigenvalue weighted by molar-refractivity contribution is 7.26. The van der Waals surface area contributed by atoms with Gasteiger partial charge < -0.3 is 9.64 Å². The average Bonchev–Trinajstić information content (AvgIpc) is 3.78. The molecular weight excluding hydrogens is 573 g/mol. The number of allylic oxidation sites excluding steroid dienone is 7. The van der Waals surface area contributed by atoms with Crippen LogP contribution in [0.1, 0.15) is 54.0 Å². The predicted molar refractivity (Wildman–Crippen MR) is 183 cm³/mol. The van der Waals surface area contributed by atoms with E-state index < -0.39 is 0 Å². The number of ether oxygens (including phenoxy) is 1. The van der Waals surface area contributed by atoms with Crippen molar-refractivity contribution in [2.45, 2.75) is 49.2 Å². The molecule has 0 spiro atoms. The smallest absolute Gasteiger partial charge is 0.234 e. The van der Waals surface area contributed by atoms with Crippen molar-refractivity contribution in [1.29, 1.82) is 0 Å². The van der Waals surface area contributed by atoms with Crippen LogP contribution in [0.25, 0.3) is 31.6 Å². The third-order valence-corrected chi connectivity index (χ3v) is 11.2. The van der Waals surface area contributed by atoms with Gasteiger partial charge in [0, 0.05) is 50.4 Å². The maximum atomic E-state index is 6.27. The quantitative estimate of drug-likeness (QED) is 0.193. The van der Waals surface area contributed by atoms with Crippen LogP contribution in [-0.4, -0.2) is 27.1 Å². The van der Waals surface area contributed by atoms with E-state index in [9.17, 15) is 0 Å². The minimum Gasteiger partial charge on any atom is -0.485 e. The molecule has 45 heavy (non-hydrogen) atoms. The van der Waals surface area contributed by atoms with E-state index in [0.717, 1.165) is 48.2 Å². The first-order valence-electron chi connectivity index (χ1n) is 16.0. The van der Waals surface area contributed by atoms with Crippen molar-refractivity contribution in [3.05, 3.63) is 132 Å². The minimum atomic E-state index is 0.0463. The fourth-order valence-corrected chi connectivity index (χ4v) is 9.13. The summed E-state index contributed by atoms with van der Waals surface area (Å²) < 4.78 is 8.90. The van der Waals surface area contributed by atoms with Crippen molar-refractivity contribution in [1.82, 2.24) is 15.0 Å². The standard InChI is InChI=1S/C39H30N4OS/c1-2-10-23(11-3-1)37-40-38(24-18-21-33-30(22-24)26-13-5-8-16-32(26)44-33)42-39(41-37)43-31-15-7-4-12-25(31)28-19-20-29-27-14-6-9-17-34(27)45-36(29)35(28)43/h1-6,8-10,12-14,16-23,25-26,31-32H,7,11,15H2. The molecule has 0 N–H and O–H groups in total. The minimum absolute atomic E-state index is 0.0463. The molecule has 5 atom stereocenters. The summed E-state index contributed by atoms with van der Waals surface area (Å²) in [6, 6.07) is 20.1. The van der Waals surface area contributed by atoms with Crippen LogP contribution in [0.5, 0.6) is 5.75 Å². The van der Waals surface area contributed by atoms with Gasteiger partial charge in [0.15, 0.2) is 5.82 Å². The Hall–Kier alpha value is -4.81. The number of rotatable bonds is 3. The Balaban J connectivity index is 1.18. The Kier molecular flexibility index (Phi) is 5.58.